The van der Waals surface area contributed by atoms with E-state index in [1.54, 1.807) is 0 Å². The van der Waals surface area contributed by atoms with E-state index in [-0.39, 0.29) is 25.9 Å². The van der Waals surface area contributed by atoms with Gasteiger partial charge in [0, 0.05) is 19.3 Å². The van der Waals surface area contributed by atoms with Crippen molar-refractivity contribution in [1.82, 2.24) is 0 Å². The van der Waals surface area contributed by atoms with Crippen molar-refractivity contribution in [2.45, 2.75) is 327 Å². The summed E-state index contributed by atoms with van der Waals surface area (Å²) in [7, 11) is 0. The van der Waals surface area contributed by atoms with Gasteiger partial charge in [0.05, 0.1) is 6.61 Å². The maximum atomic E-state index is 13.2. The second-order valence-electron chi connectivity index (χ2n) is 22.7. The summed E-state index contributed by atoms with van der Waals surface area (Å²) < 4.78 is 28.6. The lowest BCUT2D eigenvalue weighted by molar-refractivity contribution is -0.301. The van der Waals surface area contributed by atoms with E-state index in [0.717, 1.165) is 141 Å². The molecule has 1 aliphatic rings. The van der Waals surface area contributed by atoms with Gasteiger partial charge in [0.1, 0.15) is 18.8 Å². The van der Waals surface area contributed by atoms with Gasteiger partial charge in [-0.25, -0.2) is 4.79 Å². The number of carbonyl (C=O) groups is 4. The highest BCUT2D eigenvalue weighted by Crippen LogP contribution is 2.27. The fourth-order valence-electron chi connectivity index (χ4n) is 9.80. The minimum Gasteiger partial charge on any atom is -0.479 e. The van der Waals surface area contributed by atoms with Crippen molar-refractivity contribution in [3.63, 3.8) is 0 Å². The number of aliphatic hydroxyl groups is 2. The zero-order valence-corrected chi connectivity index (χ0v) is 52.7. The molecule has 0 radical (unpaired) electrons. The molecule has 0 aromatic heterocycles. The molecule has 3 N–H and O–H groups in total. The Balaban J connectivity index is 2.67. The third-order valence-corrected chi connectivity index (χ3v) is 14.9. The standard InChI is InChI=1S/C71H120O12/c1-4-7-10-13-16-19-22-25-28-31-32-35-36-39-42-45-48-51-54-57-63(72)79-60-62(81-64(73)58-55-52-49-46-43-40-37-33-29-26-23-20-17-14-11-8-5-2)61-80-71-69(67(76)66(75)68(83-71)70(77)78)82-65(74)59-56-53-50-47-44-41-38-34-30-27-24-21-18-15-12-9-6-3/h7,10,16-17,19-20,25-30,32,35,62,66-69,71,75-76H,4-6,8-9,11-15,18,21-24,31,33-34,36-61H2,1-3H3,(H,77,78)/b10-7-,19-16-,20-17-,28-25-,29-26-,30-27-,35-32-. The Bertz CT molecular complexity index is 1760. The van der Waals surface area contributed by atoms with Crippen LogP contribution in [0.1, 0.15) is 290 Å². The Morgan fingerprint density at radius 2 is 0.759 bits per heavy atom. The molecule has 12 heteroatoms. The Morgan fingerprint density at radius 1 is 0.410 bits per heavy atom. The number of carbonyl (C=O) groups excluding carboxylic acids is 3. The van der Waals surface area contributed by atoms with E-state index in [0.29, 0.717) is 19.3 Å². The molecule has 1 rings (SSSR count). The fourth-order valence-corrected chi connectivity index (χ4v) is 9.80. The van der Waals surface area contributed by atoms with Crippen LogP contribution in [0.2, 0.25) is 0 Å². The molecule has 1 heterocycles. The molecule has 6 unspecified atom stereocenters. The van der Waals surface area contributed by atoms with Gasteiger partial charge in [0.15, 0.2) is 24.6 Å². The summed E-state index contributed by atoms with van der Waals surface area (Å²) in [4.78, 5) is 51.4. The smallest absolute Gasteiger partial charge is 0.335 e. The zero-order valence-electron chi connectivity index (χ0n) is 52.7. The monoisotopic (exact) mass is 1160 g/mol. The van der Waals surface area contributed by atoms with Crippen LogP contribution in [0.3, 0.4) is 0 Å². The average molecular weight is 1170 g/mol. The van der Waals surface area contributed by atoms with E-state index in [2.05, 4.69) is 106 Å². The topological polar surface area (TPSA) is 175 Å². The summed E-state index contributed by atoms with van der Waals surface area (Å²) in [6.45, 7) is 5.87. The predicted octanol–water partition coefficient (Wildman–Crippen LogP) is 18.2. The number of carboxylic acid groups (broad SMARTS) is 1. The van der Waals surface area contributed by atoms with Crippen molar-refractivity contribution >= 4 is 23.9 Å². The molecule has 1 fully saturated rings. The molecule has 1 saturated heterocycles. The van der Waals surface area contributed by atoms with Crippen LogP contribution in [0.15, 0.2) is 85.1 Å². The van der Waals surface area contributed by atoms with Crippen LogP contribution in [0.25, 0.3) is 0 Å². The van der Waals surface area contributed by atoms with Crippen LogP contribution in [0.4, 0.5) is 0 Å². The lowest BCUT2D eigenvalue weighted by atomic mass is 9.98. The third kappa shape index (κ3) is 47.8. The SMILES string of the molecule is CC/C=C\C/C=C\C/C=C\C/C=C\CCCCCCCCC(=O)OCC(COC1OC(C(=O)O)C(O)C(O)C1OC(=O)CCCCCCCCC/C=C\CCCCCCCC)OC(=O)CCCCCCCCC/C=C\C/C=C\CCCCC. The molecule has 0 amide bonds. The lowest BCUT2D eigenvalue weighted by Crippen LogP contribution is -2.61. The first-order chi connectivity index (χ1) is 40.6. The quantitative estimate of drug-likeness (QED) is 0.0228. The first kappa shape index (κ1) is 76.9. The second kappa shape index (κ2) is 58.3. The molecular formula is C71H120O12. The Labute approximate surface area is 505 Å². The van der Waals surface area contributed by atoms with Gasteiger partial charge >= 0.3 is 23.9 Å². The van der Waals surface area contributed by atoms with E-state index >= 15 is 0 Å². The molecule has 1 aliphatic heterocycles. The predicted molar refractivity (Wildman–Crippen MR) is 340 cm³/mol. The van der Waals surface area contributed by atoms with Crippen LogP contribution in [0.5, 0.6) is 0 Å². The molecule has 0 spiro atoms. The van der Waals surface area contributed by atoms with Gasteiger partial charge in [-0.2, -0.15) is 0 Å². The molecular weight excluding hydrogens is 1040 g/mol. The highest BCUT2D eigenvalue weighted by molar-refractivity contribution is 5.74. The van der Waals surface area contributed by atoms with Gasteiger partial charge in [-0.1, -0.05) is 241 Å². The van der Waals surface area contributed by atoms with E-state index in [1.807, 2.05) is 0 Å². The first-order valence-corrected chi connectivity index (χ1v) is 33.6. The number of carboxylic acids is 1. The van der Waals surface area contributed by atoms with Gasteiger partial charge in [-0.15, -0.1) is 0 Å². The van der Waals surface area contributed by atoms with Crippen molar-refractivity contribution in [3.8, 4) is 0 Å². The molecule has 0 aromatic rings. The Hall–Kier alpha value is -4.10. The second-order valence-corrected chi connectivity index (χ2v) is 22.7. The van der Waals surface area contributed by atoms with Crippen LogP contribution < -0.4 is 0 Å². The minimum absolute atomic E-state index is 0.0514. The molecule has 0 bridgehead atoms. The molecule has 0 aromatic carbocycles. The number of unbranched alkanes of at least 4 members (excludes halogenated alkanes) is 29. The molecule has 0 aliphatic carbocycles. The van der Waals surface area contributed by atoms with E-state index in [9.17, 15) is 34.5 Å². The molecule has 6 atom stereocenters. The normalized spacial score (nSPS) is 18.1. The van der Waals surface area contributed by atoms with Crippen LogP contribution >= 0.6 is 0 Å². The largest absolute Gasteiger partial charge is 0.479 e. The van der Waals surface area contributed by atoms with E-state index < -0.39 is 67.3 Å². The number of aliphatic carboxylic acids is 1. The highest BCUT2D eigenvalue weighted by atomic mass is 16.7. The first-order valence-electron chi connectivity index (χ1n) is 33.6. The number of hydrogen-bond donors (Lipinski definition) is 3. The van der Waals surface area contributed by atoms with Crippen molar-refractivity contribution < 1.29 is 58.2 Å². The molecule has 83 heavy (non-hydrogen) atoms. The van der Waals surface area contributed by atoms with E-state index in [1.165, 1.54) is 89.9 Å². The van der Waals surface area contributed by atoms with Crippen LogP contribution in [-0.4, -0.2) is 89.2 Å². The average Bonchev–Trinajstić information content (AvgIpc) is 3.59. The lowest BCUT2D eigenvalue weighted by Gasteiger charge is -2.40. The van der Waals surface area contributed by atoms with Crippen molar-refractivity contribution in [1.29, 1.82) is 0 Å². The molecule has 476 valence electrons. The van der Waals surface area contributed by atoms with Crippen LogP contribution in [-0.2, 0) is 42.9 Å². The Kier molecular flexibility index (Phi) is 54.0. The maximum Gasteiger partial charge on any atom is 0.335 e. The fraction of sp³-hybridized carbons (Fsp3) is 0.746. The minimum atomic E-state index is -1.91. The summed E-state index contributed by atoms with van der Waals surface area (Å²) in [5.41, 5.74) is 0. The summed E-state index contributed by atoms with van der Waals surface area (Å²) in [5.74, 6) is -3.14. The van der Waals surface area contributed by atoms with Gasteiger partial charge in [-0.05, 0) is 116 Å². The van der Waals surface area contributed by atoms with Crippen molar-refractivity contribution in [2.75, 3.05) is 13.2 Å². The van der Waals surface area contributed by atoms with Gasteiger partial charge in [-0.3, -0.25) is 14.4 Å². The number of esters is 3. The number of rotatable bonds is 57. The van der Waals surface area contributed by atoms with Crippen molar-refractivity contribution in [3.05, 3.63) is 85.1 Å². The highest BCUT2D eigenvalue weighted by Gasteiger charge is 2.50. The molecule has 12 nitrogen and oxygen atoms in total. The summed E-state index contributed by atoms with van der Waals surface area (Å²) >= 11 is 0. The number of allylic oxidation sites excluding steroid dienone is 14. The summed E-state index contributed by atoms with van der Waals surface area (Å²) in [5, 5.41) is 31.6. The molecule has 0 saturated carbocycles. The van der Waals surface area contributed by atoms with Gasteiger partial charge < -0.3 is 39.0 Å². The maximum absolute atomic E-state index is 13.2. The van der Waals surface area contributed by atoms with Crippen LogP contribution in [0, 0.1) is 0 Å². The van der Waals surface area contributed by atoms with Gasteiger partial charge in [0.25, 0.3) is 0 Å². The number of aliphatic hydroxyl groups excluding tert-OH is 2. The Morgan fingerprint density at radius 3 is 1.19 bits per heavy atom. The van der Waals surface area contributed by atoms with E-state index in [4.69, 9.17) is 23.7 Å². The summed E-state index contributed by atoms with van der Waals surface area (Å²) in [6.07, 6.45) is 63.8. The third-order valence-electron chi connectivity index (χ3n) is 14.9. The van der Waals surface area contributed by atoms with Crippen molar-refractivity contribution in [2.24, 2.45) is 0 Å². The van der Waals surface area contributed by atoms with Gasteiger partial charge in [0.2, 0.25) is 0 Å². The number of ether oxygens (including phenoxy) is 5. The number of hydrogen-bond acceptors (Lipinski definition) is 11. The summed E-state index contributed by atoms with van der Waals surface area (Å²) in [6, 6.07) is 0. The zero-order chi connectivity index (χ0) is 60.3.